The average molecular weight is 284 g/mol. The Hall–Kier alpha value is -1.20. The van der Waals surface area contributed by atoms with E-state index in [1.54, 1.807) is 4.57 Å². The first-order valence-corrected chi connectivity index (χ1v) is 7.58. The average Bonchev–Trinajstić information content (AvgIpc) is 2.78. The van der Waals surface area contributed by atoms with Crippen molar-refractivity contribution in [2.75, 3.05) is 11.5 Å². The Morgan fingerprint density at radius 3 is 2.67 bits per heavy atom. The Morgan fingerprint density at radius 2 is 2.00 bits per heavy atom. The van der Waals surface area contributed by atoms with Gasteiger partial charge in [-0.25, -0.2) is 0 Å². The van der Waals surface area contributed by atoms with Crippen molar-refractivity contribution in [3.05, 3.63) is 35.6 Å². The Balaban J connectivity index is 2.25. The van der Waals surface area contributed by atoms with E-state index < -0.39 is 10.8 Å². The highest BCUT2D eigenvalue weighted by atomic mass is 35.5. The molecule has 0 aliphatic heterocycles. The Bertz CT molecular complexity index is 542. The summed E-state index contributed by atoms with van der Waals surface area (Å²) >= 11 is 6.01. The second-order valence-corrected chi connectivity index (χ2v) is 5.95. The number of rotatable bonds is 5. The van der Waals surface area contributed by atoms with Crippen molar-refractivity contribution >= 4 is 22.4 Å². The molecular weight excluding hydrogens is 270 g/mol. The molecule has 0 fully saturated rings. The predicted octanol–water partition coefficient (Wildman–Crippen LogP) is 2.37. The second kappa shape index (κ2) is 6.11. The third kappa shape index (κ3) is 2.97. The minimum Gasteiger partial charge on any atom is -0.297 e. The highest BCUT2D eigenvalue weighted by Gasteiger charge is 2.12. The first-order valence-electron chi connectivity index (χ1n) is 5.71. The third-order valence-electron chi connectivity index (χ3n) is 2.60. The number of halogens is 1. The maximum atomic E-state index is 11.5. The molecule has 2 aromatic rings. The third-order valence-corrected chi connectivity index (χ3v) is 4.16. The maximum Gasteiger partial charge on any atom is 0.225 e. The lowest BCUT2D eigenvalue weighted by molar-refractivity contribution is 0.675. The van der Waals surface area contributed by atoms with E-state index in [0.717, 1.165) is 5.56 Å². The molecule has 6 heteroatoms. The van der Waals surface area contributed by atoms with Gasteiger partial charge in [0.05, 0.1) is 0 Å². The van der Waals surface area contributed by atoms with Gasteiger partial charge in [0.1, 0.15) is 0 Å². The van der Waals surface area contributed by atoms with Crippen LogP contribution in [0.2, 0.25) is 5.28 Å². The first kappa shape index (κ1) is 13.2. The fourth-order valence-electron chi connectivity index (χ4n) is 1.62. The molecular formula is C12H14ClN3OS. The van der Waals surface area contributed by atoms with Crippen molar-refractivity contribution in [2.24, 2.45) is 0 Å². The van der Waals surface area contributed by atoms with Crippen molar-refractivity contribution in [3.8, 4) is 11.4 Å². The molecule has 0 aliphatic rings. The molecule has 18 heavy (non-hydrogen) atoms. The fraction of sp³-hybridized carbons (Fsp3) is 0.333. The zero-order chi connectivity index (χ0) is 13.0. The molecule has 0 bridgehead atoms. The van der Waals surface area contributed by atoms with Gasteiger partial charge in [0.2, 0.25) is 5.28 Å². The van der Waals surface area contributed by atoms with Crippen LogP contribution in [-0.4, -0.2) is 30.5 Å². The summed E-state index contributed by atoms with van der Waals surface area (Å²) in [4.78, 5) is 0. The Kier molecular flexibility index (Phi) is 4.49. The zero-order valence-electron chi connectivity index (χ0n) is 10.0. The molecule has 0 amide bonds. The summed E-state index contributed by atoms with van der Waals surface area (Å²) in [5, 5.41) is 8.28. The van der Waals surface area contributed by atoms with Crippen molar-refractivity contribution in [3.63, 3.8) is 0 Å². The van der Waals surface area contributed by atoms with E-state index in [9.17, 15) is 4.21 Å². The molecule has 0 spiro atoms. The summed E-state index contributed by atoms with van der Waals surface area (Å²) < 4.78 is 13.3. The van der Waals surface area contributed by atoms with Crippen molar-refractivity contribution in [1.29, 1.82) is 0 Å². The summed E-state index contributed by atoms with van der Waals surface area (Å²) in [5.74, 6) is 1.93. The molecule has 1 aromatic heterocycles. The predicted molar refractivity (Wildman–Crippen MR) is 74.0 cm³/mol. The molecule has 0 N–H and O–H groups in total. The Morgan fingerprint density at radius 1 is 1.28 bits per heavy atom. The van der Waals surface area contributed by atoms with Crippen molar-refractivity contribution in [2.45, 2.75) is 13.5 Å². The van der Waals surface area contributed by atoms with Gasteiger partial charge in [0.25, 0.3) is 0 Å². The van der Waals surface area contributed by atoms with Crippen molar-refractivity contribution < 1.29 is 4.21 Å². The van der Waals surface area contributed by atoms with Crippen LogP contribution in [0.5, 0.6) is 0 Å². The largest absolute Gasteiger partial charge is 0.297 e. The standard InChI is InChI=1S/C12H14ClN3OS/c1-2-18(17)9-8-16-11(14-15-12(16)13)10-6-4-3-5-7-10/h3-7H,2,8-9H2,1H3. The van der Waals surface area contributed by atoms with Gasteiger partial charge in [0, 0.05) is 34.4 Å². The van der Waals surface area contributed by atoms with Gasteiger partial charge in [-0.3, -0.25) is 8.78 Å². The highest BCUT2D eigenvalue weighted by Crippen LogP contribution is 2.20. The molecule has 0 aliphatic carbocycles. The molecule has 0 radical (unpaired) electrons. The van der Waals surface area contributed by atoms with Gasteiger partial charge >= 0.3 is 0 Å². The number of nitrogens with zero attached hydrogens (tertiary/aromatic N) is 3. The van der Waals surface area contributed by atoms with E-state index in [1.807, 2.05) is 37.3 Å². The normalized spacial score (nSPS) is 12.6. The van der Waals surface area contributed by atoms with E-state index in [0.29, 0.717) is 29.2 Å². The number of hydrogen-bond donors (Lipinski definition) is 0. The lowest BCUT2D eigenvalue weighted by Crippen LogP contribution is -2.10. The molecule has 1 atom stereocenters. The summed E-state index contributed by atoms with van der Waals surface area (Å²) in [6, 6.07) is 9.72. The van der Waals surface area contributed by atoms with Crippen LogP contribution >= 0.6 is 11.6 Å². The summed E-state index contributed by atoms with van der Waals surface area (Å²) in [6.07, 6.45) is 0. The second-order valence-electron chi connectivity index (χ2n) is 3.74. The molecule has 0 saturated heterocycles. The lowest BCUT2D eigenvalue weighted by atomic mass is 10.2. The quantitative estimate of drug-likeness (QED) is 0.846. The van der Waals surface area contributed by atoms with Crippen LogP contribution < -0.4 is 0 Å². The van der Waals surface area contributed by atoms with Crippen LogP contribution in [0.3, 0.4) is 0 Å². The zero-order valence-corrected chi connectivity index (χ0v) is 11.6. The van der Waals surface area contributed by atoms with Gasteiger partial charge < -0.3 is 0 Å². The van der Waals surface area contributed by atoms with E-state index >= 15 is 0 Å². The number of hydrogen-bond acceptors (Lipinski definition) is 3. The summed E-state index contributed by atoms with van der Waals surface area (Å²) in [5.41, 5.74) is 0.958. The first-order chi connectivity index (χ1) is 8.72. The van der Waals surface area contributed by atoms with Crippen molar-refractivity contribution in [1.82, 2.24) is 14.8 Å². The van der Waals surface area contributed by atoms with E-state index in [-0.39, 0.29) is 0 Å². The molecule has 2 rings (SSSR count). The molecule has 1 unspecified atom stereocenters. The molecule has 96 valence electrons. The van der Waals surface area contributed by atoms with Gasteiger partial charge in [0.15, 0.2) is 5.82 Å². The topological polar surface area (TPSA) is 47.8 Å². The molecule has 4 nitrogen and oxygen atoms in total. The van der Waals surface area contributed by atoms with E-state index in [4.69, 9.17) is 11.6 Å². The highest BCUT2D eigenvalue weighted by molar-refractivity contribution is 7.84. The monoisotopic (exact) mass is 283 g/mol. The SMILES string of the molecule is CCS(=O)CCn1c(Cl)nnc1-c1ccccc1. The summed E-state index contributed by atoms with van der Waals surface area (Å²) in [7, 11) is -0.820. The molecule has 1 heterocycles. The molecule has 0 saturated carbocycles. The Labute approximate surface area is 113 Å². The number of benzene rings is 1. The van der Waals surface area contributed by atoms with Crippen LogP contribution in [0, 0.1) is 0 Å². The minimum absolute atomic E-state index is 0.335. The van der Waals surface area contributed by atoms with E-state index in [2.05, 4.69) is 10.2 Å². The van der Waals surface area contributed by atoms with Gasteiger partial charge in [-0.15, -0.1) is 10.2 Å². The fourth-order valence-corrected chi connectivity index (χ4v) is 2.50. The van der Waals surface area contributed by atoms with E-state index in [1.165, 1.54) is 0 Å². The van der Waals surface area contributed by atoms with Crippen LogP contribution in [-0.2, 0) is 17.3 Å². The molecule has 1 aromatic carbocycles. The van der Waals surface area contributed by atoms with Gasteiger partial charge in [-0.1, -0.05) is 37.3 Å². The van der Waals surface area contributed by atoms with Gasteiger partial charge in [-0.05, 0) is 11.6 Å². The number of aromatic nitrogens is 3. The lowest BCUT2D eigenvalue weighted by Gasteiger charge is -2.07. The van der Waals surface area contributed by atoms with Crippen LogP contribution in [0.25, 0.3) is 11.4 Å². The van der Waals surface area contributed by atoms with Crippen LogP contribution in [0.15, 0.2) is 30.3 Å². The maximum absolute atomic E-state index is 11.5. The van der Waals surface area contributed by atoms with Gasteiger partial charge in [-0.2, -0.15) is 0 Å². The van der Waals surface area contributed by atoms with Crippen LogP contribution in [0.1, 0.15) is 6.92 Å². The minimum atomic E-state index is -0.820. The smallest absolute Gasteiger partial charge is 0.225 e. The summed E-state index contributed by atoms with van der Waals surface area (Å²) in [6.45, 7) is 2.47. The van der Waals surface area contributed by atoms with Crippen LogP contribution in [0.4, 0.5) is 0 Å².